The molecule has 1 aliphatic heterocycles. The van der Waals surface area contributed by atoms with Crippen LogP contribution in [0.5, 0.6) is 5.75 Å². The number of nitrogens with zero attached hydrogens (tertiary/aromatic N) is 1. The molecular weight excluding hydrogens is 464 g/mol. The number of nitrogens with one attached hydrogen (secondary N) is 1. The molecule has 7 rings (SSSR count). The van der Waals surface area contributed by atoms with Crippen LogP contribution >= 0.6 is 0 Å². The van der Waals surface area contributed by atoms with E-state index in [0.717, 1.165) is 37.1 Å². The van der Waals surface area contributed by atoms with Gasteiger partial charge in [-0.25, -0.2) is 0 Å². The van der Waals surface area contributed by atoms with Crippen LogP contribution in [0.3, 0.4) is 0 Å². The maximum absolute atomic E-state index is 6.45. The molecule has 3 atom stereocenters. The Bertz CT molecular complexity index is 1650. The molecule has 4 aromatic carbocycles. The molecule has 3 unspecified atom stereocenters. The fourth-order valence-corrected chi connectivity index (χ4v) is 6.74. The zero-order valence-corrected chi connectivity index (χ0v) is 22.2. The summed E-state index contributed by atoms with van der Waals surface area (Å²) in [5.41, 5.74) is 7.98. The van der Waals surface area contributed by atoms with Gasteiger partial charge in [-0.1, -0.05) is 73.7 Å². The van der Waals surface area contributed by atoms with Crippen LogP contribution in [-0.4, -0.2) is 17.1 Å². The highest BCUT2D eigenvalue weighted by Crippen LogP contribution is 2.44. The number of allylic oxidation sites excluding steroid dienone is 2. The number of anilines is 2. The number of fused-ring (bicyclic) bond motifs is 6. The van der Waals surface area contributed by atoms with Crippen LogP contribution < -0.4 is 9.64 Å². The molecule has 0 saturated heterocycles. The third-order valence-corrected chi connectivity index (χ3v) is 8.61. The van der Waals surface area contributed by atoms with Gasteiger partial charge in [0.25, 0.3) is 0 Å². The summed E-state index contributed by atoms with van der Waals surface area (Å²) in [6.45, 7) is 4.63. The second-order valence-corrected chi connectivity index (χ2v) is 10.9. The smallest absolute Gasteiger partial charge is 0.143 e. The molecule has 0 amide bonds. The van der Waals surface area contributed by atoms with Crippen molar-refractivity contribution in [3.63, 3.8) is 0 Å². The van der Waals surface area contributed by atoms with E-state index >= 15 is 0 Å². The van der Waals surface area contributed by atoms with Crippen molar-refractivity contribution in [2.24, 2.45) is 5.92 Å². The number of rotatable bonds is 5. The largest absolute Gasteiger partial charge is 0.486 e. The predicted molar refractivity (Wildman–Crippen MR) is 159 cm³/mol. The Morgan fingerprint density at radius 3 is 2.61 bits per heavy atom. The van der Waals surface area contributed by atoms with Gasteiger partial charge in [-0.05, 0) is 90.8 Å². The van der Waals surface area contributed by atoms with Crippen molar-refractivity contribution < 1.29 is 4.74 Å². The molecule has 3 heteroatoms. The Morgan fingerprint density at radius 1 is 0.921 bits per heavy atom. The van der Waals surface area contributed by atoms with E-state index in [4.69, 9.17) is 4.74 Å². The fraction of sp³-hybridized carbons (Fsp3) is 0.257. The van der Waals surface area contributed by atoms with Crippen molar-refractivity contribution in [1.82, 2.24) is 4.98 Å². The van der Waals surface area contributed by atoms with E-state index in [1.807, 2.05) is 0 Å². The highest BCUT2D eigenvalue weighted by Gasteiger charge is 2.34. The van der Waals surface area contributed by atoms with Gasteiger partial charge >= 0.3 is 0 Å². The summed E-state index contributed by atoms with van der Waals surface area (Å²) in [6, 6.07) is 32.8. The van der Waals surface area contributed by atoms with Crippen LogP contribution in [0.15, 0.2) is 97.1 Å². The summed E-state index contributed by atoms with van der Waals surface area (Å²) in [4.78, 5) is 6.34. The maximum Gasteiger partial charge on any atom is 0.143 e. The zero-order valence-electron chi connectivity index (χ0n) is 22.2. The first-order valence-electron chi connectivity index (χ1n) is 14.0. The molecule has 1 aromatic heterocycles. The molecule has 0 fully saturated rings. The SMILES string of the molecule is CC(CCC1C(C)Oc2ccccc2N1c1ccccc1)C1=CCCc2c1[nH]c1ccc3ccccc3c21. The van der Waals surface area contributed by atoms with Crippen LogP contribution in [0.2, 0.25) is 0 Å². The number of para-hydroxylation sites is 3. The minimum absolute atomic E-state index is 0.104. The van der Waals surface area contributed by atoms with Crippen LogP contribution in [0.4, 0.5) is 11.4 Å². The second-order valence-electron chi connectivity index (χ2n) is 10.9. The highest BCUT2D eigenvalue weighted by molar-refractivity contribution is 6.10. The van der Waals surface area contributed by atoms with Gasteiger partial charge < -0.3 is 14.6 Å². The number of aryl methyl sites for hydroxylation is 1. The summed E-state index contributed by atoms with van der Waals surface area (Å²) in [7, 11) is 0. The van der Waals surface area contributed by atoms with Crippen molar-refractivity contribution in [2.45, 2.75) is 51.7 Å². The molecule has 0 spiro atoms. The third kappa shape index (κ3) is 3.80. The van der Waals surface area contributed by atoms with Crippen molar-refractivity contribution in [1.29, 1.82) is 0 Å². The maximum atomic E-state index is 6.45. The molecule has 0 bridgehead atoms. The molecule has 2 heterocycles. The Balaban J connectivity index is 1.19. The van der Waals surface area contributed by atoms with Crippen LogP contribution in [0, 0.1) is 5.92 Å². The van der Waals surface area contributed by atoms with Crippen molar-refractivity contribution in [3.05, 3.63) is 108 Å². The summed E-state index contributed by atoms with van der Waals surface area (Å²) in [5, 5.41) is 4.09. The van der Waals surface area contributed by atoms with Gasteiger partial charge in [-0.3, -0.25) is 0 Å². The quantitative estimate of drug-likeness (QED) is 0.262. The van der Waals surface area contributed by atoms with E-state index in [0.29, 0.717) is 5.92 Å². The molecule has 190 valence electrons. The summed E-state index contributed by atoms with van der Waals surface area (Å²) in [5.74, 6) is 1.42. The lowest BCUT2D eigenvalue weighted by atomic mass is 9.84. The van der Waals surface area contributed by atoms with Gasteiger partial charge in [0.1, 0.15) is 11.9 Å². The number of H-pyrrole nitrogens is 1. The predicted octanol–water partition coefficient (Wildman–Crippen LogP) is 9.05. The van der Waals surface area contributed by atoms with Gasteiger partial charge in [0.15, 0.2) is 0 Å². The molecule has 3 nitrogen and oxygen atoms in total. The Morgan fingerprint density at radius 2 is 1.71 bits per heavy atom. The Labute approximate surface area is 224 Å². The van der Waals surface area contributed by atoms with E-state index in [2.05, 4.69) is 121 Å². The topological polar surface area (TPSA) is 28.3 Å². The minimum Gasteiger partial charge on any atom is -0.486 e. The summed E-state index contributed by atoms with van der Waals surface area (Å²) < 4.78 is 6.45. The van der Waals surface area contributed by atoms with Crippen LogP contribution in [0.1, 0.15) is 44.4 Å². The average molecular weight is 499 g/mol. The van der Waals surface area contributed by atoms with Gasteiger partial charge in [-0.15, -0.1) is 0 Å². The minimum atomic E-state index is 0.104. The number of hydrogen-bond acceptors (Lipinski definition) is 2. The summed E-state index contributed by atoms with van der Waals surface area (Å²) >= 11 is 0. The normalized spacial score (nSPS) is 19.5. The van der Waals surface area contributed by atoms with Crippen molar-refractivity contribution >= 4 is 38.6 Å². The fourth-order valence-electron chi connectivity index (χ4n) is 6.74. The molecule has 0 radical (unpaired) electrons. The molecule has 2 aliphatic rings. The van der Waals surface area contributed by atoms with Crippen LogP contribution in [-0.2, 0) is 6.42 Å². The number of hydrogen-bond donors (Lipinski definition) is 1. The first-order chi connectivity index (χ1) is 18.7. The first kappa shape index (κ1) is 23.2. The molecule has 1 aliphatic carbocycles. The molecule has 1 N–H and O–H groups in total. The second kappa shape index (κ2) is 9.40. The van der Waals surface area contributed by atoms with Gasteiger partial charge in [0.05, 0.1) is 11.7 Å². The molecular formula is C35H34N2O. The van der Waals surface area contributed by atoms with Crippen molar-refractivity contribution in [2.75, 3.05) is 4.90 Å². The van der Waals surface area contributed by atoms with E-state index in [9.17, 15) is 0 Å². The Kier molecular flexibility index (Phi) is 5.73. The van der Waals surface area contributed by atoms with Crippen molar-refractivity contribution in [3.8, 4) is 5.75 Å². The van der Waals surface area contributed by atoms with E-state index in [1.54, 1.807) is 0 Å². The number of benzene rings is 4. The standard InChI is InChI=1S/C35H34N2O/c1-23(27-15-10-16-29-34-28-14-7-6-11-25(28)20-21-30(34)36-35(27)29)19-22-31-24(2)38-33-18-9-8-17-32(33)37(31)26-12-4-3-5-13-26/h3-9,11-15,17-18,20-21,23-24,31,36H,10,16,19,22H2,1-2H3. The van der Waals surface area contributed by atoms with Crippen LogP contribution in [0.25, 0.3) is 27.2 Å². The van der Waals surface area contributed by atoms with Gasteiger partial charge in [0.2, 0.25) is 0 Å². The monoisotopic (exact) mass is 498 g/mol. The molecule has 0 saturated carbocycles. The molecule has 38 heavy (non-hydrogen) atoms. The highest BCUT2D eigenvalue weighted by atomic mass is 16.5. The van der Waals surface area contributed by atoms with E-state index in [-0.39, 0.29) is 12.1 Å². The molecule has 5 aromatic rings. The van der Waals surface area contributed by atoms with E-state index in [1.165, 1.54) is 44.2 Å². The third-order valence-electron chi connectivity index (χ3n) is 8.61. The van der Waals surface area contributed by atoms with Gasteiger partial charge in [-0.2, -0.15) is 0 Å². The lowest BCUT2D eigenvalue weighted by molar-refractivity contribution is 0.167. The van der Waals surface area contributed by atoms with Gasteiger partial charge in [0, 0.05) is 22.3 Å². The number of ether oxygens (including phenoxy) is 1. The first-order valence-corrected chi connectivity index (χ1v) is 14.0. The average Bonchev–Trinajstić information content (AvgIpc) is 3.35. The lowest BCUT2D eigenvalue weighted by Gasteiger charge is -2.43. The lowest BCUT2D eigenvalue weighted by Crippen LogP contribution is -2.46. The summed E-state index contributed by atoms with van der Waals surface area (Å²) in [6.07, 6.45) is 6.95. The number of aromatic nitrogens is 1. The number of aromatic amines is 1. The van der Waals surface area contributed by atoms with E-state index < -0.39 is 0 Å². The Hall–Kier alpha value is -3.98. The zero-order chi connectivity index (χ0) is 25.6.